The van der Waals surface area contributed by atoms with Gasteiger partial charge in [-0.3, -0.25) is 4.79 Å². The number of piperidine rings is 1. The van der Waals surface area contributed by atoms with Gasteiger partial charge in [-0.05, 0) is 30.4 Å². The fraction of sp³-hybridized carbons (Fsp3) is 0.385. The van der Waals surface area contributed by atoms with E-state index < -0.39 is 11.7 Å². The van der Waals surface area contributed by atoms with Gasteiger partial charge in [-0.2, -0.15) is 5.26 Å². The zero-order chi connectivity index (χ0) is 12.9. The van der Waals surface area contributed by atoms with E-state index in [1.807, 2.05) is 11.0 Å². The predicted molar refractivity (Wildman–Crippen MR) is 63.4 cm³/mol. The van der Waals surface area contributed by atoms with E-state index in [4.69, 9.17) is 11.0 Å². The van der Waals surface area contributed by atoms with E-state index in [9.17, 15) is 9.18 Å². The summed E-state index contributed by atoms with van der Waals surface area (Å²) in [7, 11) is 0. The van der Waals surface area contributed by atoms with E-state index >= 15 is 0 Å². The second kappa shape index (κ2) is 3.70. The molecule has 5 heteroatoms. The van der Waals surface area contributed by atoms with Gasteiger partial charge in [0, 0.05) is 18.7 Å². The first kappa shape index (κ1) is 11.0. The molecule has 1 aromatic rings. The number of benzene rings is 1. The molecule has 1 saturated heterocycles. The molecule has 2 aliphatic rings. The summed E-state index contributed by atoms with van der Waals surface area (Å²) in [6.07, 6.45) is 1.21. The highest BCUT2D eigenvalue weighted by atomic mass is 19.1. The maximum atomic E-state index is 14.1. The molecule has 2 N–H and O–H groups in total. The van der Waals surface area contributed by atoms with Crippen molar-refractivity contribution in [2.75, 3.05) is 18.0 Å². The van der Waals surface area contributed by atoms with Crippen LogP contribution in [-0.4, -0.2) is 19.0 Å². The minimum atomic E-state index is -0.721. The zero-order valence-electron chi connectivity index (χ0n) is 9.69. The molecule has 0 radical (unpaired) electrons. The molecule has 18 heavy (non-hydrogen) atoms. The first-order chi connectivity index (χ1) is 8.60. The molecule has 1 amide bonds. The highest BCUT2D eigenvalue weighted by Crippen LogP contribution is 2.47. The molecule has 0 spiro atoms. The number of hydrogen-bond donors (Lipinski definition) is 1. The highest BCUT2D eigenvalue weighted by molar-refractivity contribution is 5.94. The lowest BCUT2D eigenvalue weighted by molar-refractivity contribution is 0.1000. The molecular weight excluding hydrogens is 233 g/mol. The third-order valence-corrected chi connectivity index (χ3v) is 3.76. The molecular formula is C13H12FN3O. The van der Waals surface area contributed by atoms with Crippen molar-refractivity contribution >= 4 is 11.6 Å². The van der Waals surface area contributed by atoms with Crippen LogP contribution < -0.4 is 10.6 Å². The monoisotopic (exact) mass is 245 g/mol. The van der Waals surface area contributed by atoms with E-state index in [1.54, 1.807) is 0 Å². The number of fused-ring (bicyclic) bond motifs is 1. The Hall–Kier alpha value is -2.09. The summed E-state index contributed by atoms with van der Waals surface area (Å²) in [5.74, 6) is 0.0314. The van der Waals surface area contributed by atoms with Crippen LogP contribution in [0.25, 0.3) is 0 Å². The van der Waals surface area contributed by atoms with Gasteiger partial charge in [-0.15, -0.1) is 0 Å². The van der Waals surface area contributed by atoms with Crippen LogP contribution in [0.2, 0.25) is 0 Å². The summed E-state index contributed by atoms with van der Waals surface area (Å²) < 4.78 is 14.1. The minimum Gasteiger partial charge on any atom is -0.368 e. The van der Waals surface area contributed by atoms with Gasteiger partial charge in [0.15, 0.2) is 0 Å². The van der Waals surface area contributed by atoms with Gasteiger partial charge in [-0.25, -0.2) is 4.39 Å². The van der Waals surface area contributed by atoms with Gasteiger partial charge < -0.3 is 10.6 Å². The Morgan fingerprint density at radius 3 is 2.67 bits per heavy atom. The Morgan fingerprint density at radius 1 is 1.44 bits per heavy atom. The van der Waals surface area contributed by atoms with Crippen LogP contribution in [0.15, 0.2) is 12.1 Å². The summed E-state index contributed by atoms with van der Waals surface area (Å²) in [4.78, 5) is 12.9. The quantitative estimate of drug-likeness (QED) is 0.852. The van der Waals surface area contributed by atoms with Crippen LogP contribution in [-0.2, 0) is 0 Å². The van der Waals surface area contributed by atoms with Crippen LogP contribution in [0.5, 0.6) is 0 Å². The lowest BCUT2D eigenvalue weighted by atomic mass is 10.1. The highest BCUT2D eigenvalue weighted by Gasteiger charge is 2.46. The topological polar surface area (TPSA) is 70.1 Å². The number of nitriles is 1. The number of nitrogens with two attached hydrogens (primary N) is 1. The second-order valence-corrected chi connectivity index (χ2v) is 4.99. The smallest absolute Gasteiger partial charge is 0.248 e. The van der Waals surface area contributed by atoms with Crippen LogP contribution in [0.1, 0.15) is 22.3 Å². The Bertz CT molecular complexity index is 568. The van der Waals surface area contributed by atoms with Crippen molar-refractivity contribution in [1.29, 1.82) is 5.26 Å². The standard InChI is InChI=1S/C13H12FN3O/c14-11-3-7(13(16)18)1-8(4-15)12(11)17-5-9-2-10(9)6-17/h1,3,9-10H,2,5-6H2,(H2,16,18). The summed E-state index contributed by atoms with van der Waals surface area (Å²) in [5.41, 5.74) is 5.65. The Labute approximate surface area is 104 Å². The van der Waals surface area contributed by atoms with E-state index in [1.165, 1.54) is 12.5 Å². The van der Waals surface area contributed by atoms with Crippen molar-refractivity contribution in [2.24, 2.45) is 17.6 Å². The summed E-state index contributed by atoms with van der Waals surface area (Å²) in [5, 5.41) is 9.09. The number of amides is 1. The SMILES string of the molecule is N#Cc1cc(C(N)=O)cc(F)c1N1CC2CC2C1. The first-order valence-corrected chi connectivity index (χ1v) is 5.88. The number of primary amides is 1. The molecule has 4 nitrogen and oxygen atoms in total. The maximum Gasteiger partial charge on any atom is 0.248 e. The van der Waals surface area contributed by atoms with Crippen LogP contribution >= 0.6 is 0 Å². The first-order valence-electron chi connectivity index (χ1n) is 5.88. The maximum absolute atomic E-state index is 14.1. The van der Waals surface area contributed by atoms with Crippen LogP contribution in [0.4, 0.5) is 10.1 Å². The van der Waals surface area contributed by atoms with E-state index in [0.29, 0.717) is 17.5 Å². The van der Waals surface area contributed by atoms with Crippen molar-refractivity contribution < 1.29 is 9.18 Å². The van der Waals surface area contributed by atoms with E-state index in [0.717, 1.165) is 19.2 Å². The van der Waals surface area contributed by atoms with Crippen molar-refractivity contribution in [1.82, 2.24) is 0 Å². The largest absolute Gasteiger partial charge is 0.368 e. The van der Waals surface area contributed by atoms with Gasteiger partial charge in [0.25, 0.3) is 0 Å². The average Bonchev–Trinajstić information content (AvgIpc) is 2.95. The van der Waals surface area contributed by atoms with Gasteiger partial charge in [0.05, 0.1) is 11.3 Å². The van der Waals surface area contributed by atoms with Gasteiger partial charge in [0.1, 0.15) is 11.9 Å². The number of carbonyl (C=O) groups is 1. The third kappa shape index (κ3) is 1.61. The molecule has 92 valence electrons. The minimum absolute atomic E-state index is 0.0390. The summed E-state index contributed by atoms with van der Waals surface area (Å²) >= 11 is 0. The second-order valence-electron chi connectivity index (χ2n) is 4.99. The molecule has 0 aromatic heterocycles. The predicted octanol–water partition coefficient (Wildman–Crippen LogP) is 1.25. The molecule has 1 aliphatic heterocycles. The van der Waals surface area contributed by atoms with Gasteiger partial charge in [-0.1, -0.05) is 0 Å². The molecule has 0 bridgehead atoms. The number of halogens is 1. The number of rotatable bonds is 2. The molecule has 1 aliphatic carbocycles. The Balaban J connectivity index is 2.03. The van der Waals surface area contributed by atoms with Crippen LogP contribution in [0, 0.1) is 29.0 Å². The molecule has 2 fully saturated rings. The zero-order valence-corrected chi connectivity index (χ0v) is 9.69. The molecule has 1 saturated carbocycles. The fourth-order valence-corrected chi connectivity index (χ4v) is 2.73. The van der Waals surface area contributed by atoms with E-state index in [2.05, 4.69) is 0 Å². The molecule has 2 unspecified atom stereocenters. The molecule has 3 rings (SSSR count). The van der Waals surface area contributed by atoms with Gasteiger partial charge in [0.2, 0.25) is 5.91 Å². The number of hydrogen-bond acceptors (Lipinski definition) is 3. The van der Waals surface area contributed by atoms with Crippen molar-refractivity contribution in [3.8, 4) is 6.07 Å². The average molecular weight is 245 g/mol. The number of anilines is 1. The Morgan fingerprint density at radius 2 is 2.11 bits per heavy atom. The van der Waals surface area contributed by atoms with Crippen molar-refractivity contribution in [2.45, 2.75) is 6.42 Å². The normalized spacial score (nSPS) is 24.6. The Kier molecular flexibility index (Phi) is 2.27. The van der Waals surface area contributed by atoms with Crippen molar-refractivity contribution in [3.05, 3.63) is 29.1 Å². The lowest BCUT2D eigenvalue weighted by Crippen LogP contribution is -2.24. The number of carbonyl (C=O) groups excluding carboxylic acids is 1. The van der Waals surface area contributed by atoms with Gasteiger partial charge >= 0.3 is 0 Å². The molecule has 2 atom stereocenters. The molecule has 1 aromatic carbocycles. The lowest BCUT2D eigenvalue weighted by Gasteiger charge is -2.22. The van der Waals surface area contributed by atoms with Crippen molar-refractivity contribution in [3.63, 3.8) is 0 Å². The van der Waals surface area contributed by atoms with Crippen LogP contribution in [0.3, 0.4) is 0 Å². The van der Waals surface area contributed by atoms with E-state index in [-0.39, 0.29) is 11.1 Å². The summed E-state index contributed by atoms with van der Waals surface area (Å²) in [6.45, 7) is 1.60. The number of nitrogens with zero attached hydrogens (tertiary/aromatic N) is 2. The third-order valence-electron chi connectivity index (χ3n) is 3.76. The summed E-state index contributed by atoms with van der Waals surface area (Å²) in [6, 6.07) is 4.43. The molecule has 1 heterocycles. The fourth-order valence-electron chi connectivity index (χ4n) is 2.73.